The van der Waals surface area contributed by atoms with Crippen LogP contribution in [0.2, 0.25) is 0 Å². The first kappa shape index (κ1) is 15.1. The van der Waals surface area contributed by atoms with E-state index in [4.69, 9.17) is 15.3 Å². The second kappa shape index (κ2) is 6.90. The fraction of sp³-hybridized carbons (Fsp3) is 0.333. The van der Waals surface area contributed by atoms with Crippen molar-refractivity contribution in [3.05, 3.63) is 35.7 Å². The Morgan fingerprint density at radius 1 is 1.14 bits per heavy atom. The van der Waals surface area contributed by atoms with Crippen LogP contribution in [0.25, 0.3) is 0 Å². The number of hydrogen-bond donors (Lipinski definition) is 2. The van der Waals surface area contributed by atoms with Gasteiger partial charge in [0.2, 0.25) is 5.88 Å². The lowest BCUT2D eigenvalue weighted by Gasteiger charge is -2.14. The molecule has 0 fully saturated rings. The average Bonchev–Trinajstić information content (AvgIpc) is 2.49. The highest BCUT2D eigenvalue weighted by atomic mass is 16.5. The number of para-hydroxylation sites is 2. The number of aryl methyl sites for hydroxylation is 1. The molecule has 1 aromatic heterocycles. The van der Waals surface area contributed by atoms with E-state index in [2.05, 4.69) is 22.3 Å². The standard InChI is InChI=1S/C15H20N4O2/c1-4-9-20-12-7-5-6-8-13(12)21-15-10(2)14(19-16)17-11(3)18-15/h5-8H,4,9,16H2,1-3H3,(H,17,18,19). The van der Waals surface area contributed by atoms with E-state index in [-0.39, 0.29) is 0 Å². The van der Waals surface area contributed by atoms with Crippen LogP contribution in [0.3, 0.4) is 0 Å². The van der Waals surface area contributed by atoms with E-state index < -0.39 is 0 Å². The minimum absolute atomic E-state index is 0.461. The van der Waals surface area contributed by atoms with E-state index in [1.807, 2.05) is 31.2 Å². The monoisotopic (exact) mass is 288 g/mol. The highest BCUT2D eigenvalue weighted by Gasteiger charge is 2.13. The number of nitrogen functional groups attached to an aromatic ring is 1. The Balaban J connectivity index is 2.32. The molecule has 6 heteroatoms. The van der Waals surface area contributed by atoms with Crippen LogP contribution in [0, 0.1) is 13.8 Å². The van der Waals surface area contributed by atoms with Gasteiger partial charge < -0.3 is 14.9 Å². The summed E-state index contributed by atoms with van der Waals surface area (Å²) in [6.07, 6.45) is 0.932. The van der Waals surface area contributed by atoms with Crippen molar-refractivity contribution in [1.29, 1.82) is 0 Å². The normalized spacial score (nSPS) is 10.3. The van der Waals surface area contributed by atoms with E-state index >= 15 is 0 Å². The fourth-order valence-electron chi connectivity index (χ4n) is 1.81. The molecular weight excluding hydrogens is 268 g/mol. The van der Waals surface area contributed by atoms with Gasteiger partial charge in [0, 0.05) is 0 Å². The molecule has 0 bridgehead atoms. The first-order chi connectivity index (χ1) is 10.2. The van der Waals surface area contributed by atoms with Gasteiger partial charge in [0.25, 0.3) is 0 Å². The molecule has 21 heavy (non-hydrogen) atoms. The van der Waals surface area contributed by atoms with Gasteiger partial charge in [-0.3, -0.25) is 0 Å². The number of hydrazine groups is 1. The molecule has 3 N–H and O–H groups in total. The van der Waals surface area contributed by atoms with Gasteiger partial charge >= 0.3 is 0 Å². The third kappa shape index (κ3) is 3.61. The summed E-state index contributed by atoms with van der Waals surface area (Å²) < 4.78 is 11.6. The van der Waals surface area contributed by atoms with Crippen LogP contribution in [-0.2, 0) is 0 Å². The summed E-state index contributed by atoms with van der Waals surface area (Å²) in [6.45, 7) is 6.32. The maximum absolute atomic E-state index is 5.89. The van der Waals surface area contributed by atoms with Gasteiger partial charge in [0.05, 0.1) is 12.2 Å². The molecule has 2 rings (SSSR count). The third-order valence-corrected chi connectivity index (χ3v) is 2.87. The lowest BCUT2D eigenvalue weighted by molar-refractivity contribution is 0.300. The minimum atomic E-state index is 0.461. The Labute approximate surface area is 124 Å². The molecule has 0 saturated heterocycles. The number of anilines is 1. The van der Waals surface area contributed by atoms with Gasteiger partial charge in [-0.2, -0.15) is 4.98 Å². The molecule has 0 aliphatic rings. The van der Waals surface area contributed by atoms with Crippen LogP contribution in [0.4, 0.5) is 5.82 Å². The van der Waals surface area contributed by atoms with E-state index in [0.717, 1.165) is 12.0 Å². The van der Waals surface area contributed by atoms with Crippen LogP contribution < -0.4 is 20.7 Å². The number of aromatic nitrogens is 2. The summed E-state index contributed by atoms with van der Waals surface area (Å²) in [5.74, 6) is 8.36. The Kier molecular flexibility index (Phi) is 4.94. The molecule has 1 aromatic carbocycles. The number of benzene rings is 1. The maximum Gasteiger partial charge on any atom is 0.227 e. The van der Waals surface area contributed by atoms with Gasteiger partial charge in [-0.05, 0) is 32.4 Å². The van der Waals surface area contributed by atoms with Crippen LogP contribution in [0.5, 0.6) is 17.4 Å². The molecule has 0 aliphatic carbocycles. The number of nitrogens with one attached hydrogen (secondary N) is 1. The summed E-state index contributed by atoms with van der Waals surface area (Å²) in [4.78, 5) is 8.52. The summed E-state index contributed by atoms with van der Waals surface area (Å²) in [5, 5.41) is 0. The number of nitrogens with zero attached hydrogens (tertiary/aromatic N) is 2. The highest BCUT2D eigenvalue weighted by molar-refractivity contribution is 5.50. The number of hydrogen-bond acceptors (Lipinski definition) is 6. The quantitative estimate of drug-likeness (QED) is 0.628. The molecule has 0 unspecified atom stereocenters. The van der Waals surface area contributed by atoms with Crippen molar-refractivity contribution in [2.24, 2.45) is 5.84 Å². The van der Waals surface area contributed by atoms with Crippen molar-refractivity contribution >= 4 is 5.82 Å². The topological polar surface area (TPSA) is 82.3 Å². The number of nitrogens with two attached hydrogens (primary N) is 1. The second-order valence-corrected chi connectivity index (χ2v) is 4.59. The first-order valence-electron chi connectivity index (χ1n) is 6.87. The second-order valence-electron chi connectivity index (χ2n) is 4.59. The van der Waals surface area contributed by atoms with E-state index in [1.54, 1.807) is 6.92 Å². The molecule has 0 atom stereocenters. The molecule has 1 heterocycles. The van der Waals surface area contributed by atoms with Gasteiger partial charge in [-0.1, -0.05) is 19.1 Å². The minimum Gasteiger partial charge on any atom is -0.490 e. The zero-order valence-electron chi connectivity index (χ0n) is 12.5. The Bertz CT molecular complexity index is 617. The van der Waals surface area contributed by atoms with Gasteiger partial charge in [0.15, 0.2) is 11.5 Å². The van der Waals surface area contributed by atoms with Crippen molar-refractivity contribution in [1.82, 2.24) is 9.97 Å². The largest absolute Gasteiger partial charge is 0.490 e. The first-order valence-corrected chi connectivity index (χ1v) is 6.87. The summed E-state index contributed by atoms with van der Waals surface area (Å²) in [6, 6.07) is 7.51. The molecule has 0 saturated carbocycles. The van der Waals surface area contributed by atoms with Gasteiger partial charge in [-0.25, -0.2) is 10.8 Å². The molecule has 0 spiro atoms. The zero-order chi connectivity index (χ0) is 15.2. The smallest absolute Gasteiger partial charge is 0.227 e. The Morgan fingerprint density at radius 3 is 2.52 bits per heavy atom. The Hall–Kier alpha value is -2.34. The Morgan fingerprint density at radius 2 is 1.86 bits per heavy atom. The number of ether oxygens (including phenoxy) is 2. The lowest BCUT2D eigenvalue weighted by atomic mass is 10.3. The van der Waals surface area contributed by atoms with Crippen molar-refractivity contribution in [2.75, 3.05) is 12.0 Å². The molecule has 112 valence electrons. The third-order valence-electron chi connectivity index (χ3n) is 2.87. The van der Waals surface area contributed by atoms with E-state index in [9.17, 15) is 0 Å². The SMILES string of the molecule is CCCOc1ccccc1Oc1nc(C)nc(NN)c1C. The molecule has 0 aliphatic heterocycles. The van der Waals surface area contributed by atoms with Crippen molar-refractivity contribution < 1.29 is 9.47 Å². The summed E-state index contributed by atoms with van der Waals surface area (Å²) >= 11 is 0. The molecule has 2 aromatic rings. The van der Waals surface area contributed by atoms with Gasteiger partial charge in [-0.15, -0.1) is 0 Å². The number of rotatable bonds is 6. The van der Waals surface area contributed by atoms with Crippen molar-refractivity contribution in [3.8, 4) is 17.4 Å². The molecule has 6 nitrogen and oxygen atoms in total. The summed E-state index contributed by atoms with van der Waals surface area (Å²) in [7, 11) is 0. The van der Waals surface area contributed by atoms with Gasteiger partial charge in [0.1, 0.15) is 11.6 Å². The average molecular weight is 288 g/mol. The molecule has 0 amide bonds. The highest BCUT2D eigenvalue weighted by Crippen LogP contribution is 2.33. The van der Waals surface area contributed by atoms with E-state index in [1.165, 1.54) is 0 Å². The zero-order valence-corrected chi connectivity index (χ0v) is 12.5. The predicted octanol–water partition coefficient (Wildman–Crippen LogP) is 2.96. The molecule has 0 radical (unpaired) electrons. The van der Waals surface area contributed by atoms with Crippen molar-refractivity contribution in [2.45, 2.75) is 27.2 Å². The molecular formula is C15H20N4O2. The fourth-order valence-corrected chi connectivity index (χ4v) is 1.81. The van der Waals surface area contributed by atoms with E-state index in [0.29, 0.717) is 35.6 Å². The van der Waals surface area contributed by atoms with Crippen LogP contribution >= 0.6 is 0 Å². The van der Waals surface area contributed by atoms with Crippen LogP contribution in [0.1, 0.15) is 24.7 Å². The van der Waals surface area contributed by atoms with Crippen molar-refractivity contribution in [3.63, 3.8) is 0 Å². The maximum atomic E-state index is 5.89. The van der Waals surface area contributed by atoms with Crippen LogP contribution in [-0.4, -0.2) is 16.6 Å². The lowest BCUT2D eigenvalue weighted by Crippen LogP contribution is -2.12. The predicted molar refractivity (Wildman–Crippen MR) is 81.6 cm³/mol. The summed E-state index contributed by atoms with van der Waals surface area (Å²) in [5.41, 5.74) is 3.29. The van der Waals surface area contributed by atoms with Crippen LogP contribution in [0.15, 0.2) is 24.3 Å².